The minimum atomic E-state index is -0.0748. The highest BCUT2D eigenvalue weighted by Crippen LogP contribution is 2.22. The molecule has 0 spiro atoms. The minimum Gasteiger partial charge on any atom is -0.466 e. The molecular formula is C17H20N2O2. The van der Waals surface area contributed by atoms with Crippen LogP contribution in [0.25, 0.3) is 0 Å². The van der Waals surface area contributed by atoms with Gasteiger partial charge in [-0.15, -0.1) is 0 Å². The van der Waals surface area contributed by atoms with Gasteiger partial charge in [0.1, 0.15) is 11.5 Å². The highest BCUT2D eigenvalue weighted by molar-refractivity contribution is 5.95. The molecule has 3 rings (SSSR count). The van der Waals surface area contributed by atoms with Crippen molar-refractivity contribution < 1.29 is 9.21 Å². The maximum Gasteiger partial charge on any atom is 0.254 e. The number of nitrogens with one attached hydrogen (secondary N) is 2. The van der Waals surface area contributed by atoms with Crippen LogP contribution in [0.1, 0.15) is 39.0 Å². The fraction of sp³-hybridized carbons (Fsp3) is 0.353. The fourth-order valence-electron chi connectivity index (χ4n) is 2.92. The van der Waals surface area contributed by atoms with Gasteiger partial charge in [-0.05, 0) is 44.0 Å². The van der Waals surface area contributed by atoms with Crippen LogP contribution in [0, 0.1) is 13.8 Å². The van der Waals surface area contributed by atoms with Crippen LogP contribution in [-0.4, -0.2) is 19.0 Å². The molecule has 4 nitrogen and oxygen atoms in total. The van der Waals surface area contributed by atoms with Gasteiger partial charge < -0.3 is 15.1 Å². The molecule has 1 aromatic heterocycles. The molecule has 2 aromatic rings. The third-order valence-electron chi connectivity index (χ3n) is 3.97. The summed E-state index contributed by atoms with van der Waals surface area (Å²) in [6.07, 6.45) is 1.04. The minimum absolute atomic E-state index is 0.0748. The van der Waals surface area contributed by atoms with E-state index in [4.69, 9.17) is 4.42 Å². The topological polar surface area (TPSA) is 54.3 Å². The fourth-order valence-corrected chi connectivity index (χ4v) is 2.92. The molecule has 4 heteroatoms. The Morgan fingerprint density at radius 2 is 2.19 bits per heavy atom. The van der Waals surface area contributed by atoms with E-state index >= 15 is 0 Å². The Hall–Kier alpha value is -2.07. The molecule has 0 bridgehead atoms. The molecular weight excluding hydrogens is 264 g/mol. The molecule has 21 heavy (non-hydrogen) atoms. The number of furan rings is 1. The number of aryl methyl sites for hydroxylation is 2. The molecule has 1 unspecified atom stereocenters. The van der Waals surface area contributed by atoms with Gasteiger partial charge in [0, 0.05) is 12.6 Å². The zero-order valence-electron chi connectivity index (χ0n) is 12.4. The largest absolute Gasteiger partial charge is 0.466 e. The van der Waals surface area contributed by atoms with Crippen molar-refractivity contribution in [2.45, 2.75) is 26.3 Å². The van der Waals surface area contributed by atoms with Gasteiger partial charge in [0.2, 0.25) is 0 Å². The zero-order chi connectivity index (χ0) is 14.8. The van der Waals surface area contributed by atoms with E-state index in [-0.39, 0.29) is 11.9 Å². The Morgan fingerprint density at radius 3 is 2.95 bits per heavy atom. The molecule has 1 aliphatic heterocycles. The number of hydrogen-bond donors (Lipinski definition) is 2. The van der Waals surface area contributed by atoms with Crippen LogP contribution in [0.15, 0.2) is 34.7 Å². The van der Waals surface area contributed by atoms with Gasteiger partial charge in [0.25, 0.3) is 5.91 Å². The first-order valence-electron chi connectivity index (χ1n) is 7.31. The van der Waals surface area contributed by atoms with Crippen LogP contribution in [-0.2, 0) is 6.42 Å². The van der Waals surface area contributed by atoms with Crippen molar-refractivity contribution in [3.8, 4) is 0 Å². The van der Waals surface area contributed by atoms with Crippen LogP contribution in [0.3, 0.4) is 0 Å². The van der Waals surface area contributed by atoms with Crippen molar-refractivity contribution in [3.05, 3.63) is 58.5 Å². The number of fused-ring (bicyclic) bond motifs is 1. The second-order valence-electron chi connectivity index (χ2n) is 5.49. The molecule has 0 fully saturated rings. The first kappa shape index (κ1) is 13.9. The van der Waals surface area contributed by atoms with E-state index in [2.05, 4.69) is 28.8 Å². The summed E-state index contributed by atoms with van der Waals surface area (Å²) in [5, 5.41) is 6.47. The summed E-state index contributed by atoms with van der Waals surface area (Å²) in [7, 11) is 0. The summed E-state index contributed by atoms with van der Waals surface area (Å²) in [6, 6.07) is 10.4. The van der Waals surface area contributed by atoms with E-state index in [9.17, 15) is 4.79 Å². The SMILES string of the molecule is Cc1cc(C(=O)NCC2NCCc3ccccc32)c(C)o1. The summed E-state index contributed by atoms with van der Waals surface area (Å²) >= 11 is 0. The average molecular weight is 284 g/mol. The Bertz CT molecular complexity index is 661. The third-order valence-corrected chi connectivity index (χ3v) is 3.97. The molecule has 0 radical (unpaired) electrons. The number of carbonyl (C=O) groups excluding carboxylic acids is 1. The summed E-state index contributed by atoms with van der Waals surface area (Å²) in [6.45, 7) is 5.19. The Kier molecular flexibility index (Phi) is 3.80. The molecule has 0 saturated heterocycles. The summed E-state index contributed by atoms with van der Waals surface area (Å²) < 4.78 is 5.41. The number of hydrogen-bond acceptors (Lipinski definition) is 3. The van der Waals surface area contributed by atoms with E-state index in [1.165, 1.54) is 11.1 Å². The molecule has 1 amide bonds. The average Bonchev–Trinajstić information content (AvgIpc) is 2.83. The lowest BCUT2D eigenvalue weighted by molar-refractivity contribution is 0.0947. The molecule has 1 atom stereocenters. The van der Waals surface area contributed by atoms with Crippen molar-refractivity contribution >= 4 is 5.91 Å². The Morgan fingerprint density at radius 1 is 1.38 bits per heavy atom. The second-order valence-corrected chi connectivity index (χ2v) is 5.49. The van der Waals surface area contributed by atoms with Crippen LogP contribution in [0.2, 0.25) is 0 Å². The van der Waals surface area contributed by atoms with Crippen molar-refractivity contribution in [2.24, 2.45) is 0 Å². The quantitative estimate of drug-likeness (QED) is 0.910. The van der Waals surface area contributed by atoms with Gasteiger partial charge in [-0.3, -0.25) is 4.79 Å². The van der Waals surface area contributed by atoms with Gasteiger partial charge in [0.05, 0.1) is 5.56 Å². The summed E-state index contributed by atoms with van der Waals surface area (Å²) in [4.78, 5) is 12.2. The number of benzene rings is 1. The van der Waals surface area contributed by atoms with E-state index < -0.39 is 0 Å². The number of amides is 1. The lowest BCUT2D eigenvalue weighted by Gasteiger charge is -2.27. The summed E-state index contributed by atoms with van der Waals surface area (Å²) in [5.41, 5.74) is 3.27. The van der Waals surface area contributed by atoms with Gasteiger partial charge in [-0.1, -0.05) is 24.3 Å². The first-order valence-corrected chi connectivity index (χ1v) is 7.31. The van der Waals surface area contributed by atoms with Crippen molar-refractivity contribution in [1.82, 2.24) is 10.6 Å². The predicted molar refractivity (Wildman–Crippen MR) is 81.4 cm³/mol. The third kappa shape index (κ3) is 2.85. The molecule has 2 N–H and O–H groups in total. The molecule has 1 aliphatic rings. The van der Waals surface area contributed by atoms with Gasteiger partial charge in [0.15, 0.2) is 0 Å². The maximum absolute atomic E-state index is 12.2. The standard InChI is InChI=1S/C17H20N2O2/c1-11-9-15(12(2)21-11)17(20)19-10-16-14-6-4-3-5-13(14)7-8-18-16/h3-6,9,16,18H,7-8,10H2,1-2H3,(H,19,20). The van der Waals surface area contributed by atoms with Crippen molar-refractivity contribution in [3.63, 3.8) is 0 Å². The van der Waals surface area contributed by atoms with Gasteiger partial charge >= 0.3 is 0 Å². The predicted octanol–water partition coefficient (Wildman–Crippen LogP) is 2.51. The highest BCUT2D eigenvalue weighted by Gasteiger charge is 2.20. The highest BCUT2D eigenvalue weighted by atomic mass is 16.3. The Labute approximate surface area is 124 Å². The first-order chi connectivity index (χ1) is 10.1. The van der Waals surface area contributed by atoms with E-state index in [1.54, 1.807) is 6.07 Å². The lowest BCUT2D eigenvalue weighted by Crippen LogP contribution is -2.38. The number of rotatable bonds is 3. The smallest absolute Gasteiger partial charge is 0.254 e. The normalized spacial score (nSPS) is 17.3. The van der Waals surface area contributed by atoms with Crippen molar-refractivity contribution in [2.75, 3.05) is 13.1 Å². The van der Waals surface area contributed by atoms with Crippen LogP contribution < -0.4 is 10.6 Å². The monoisotopic (exact) mass is 284 g/mol. The van der Waals surface area contributed by atoms with Gasteiger partial charge in [-0.2, -0.15) is 0 Å². The van der Waals surface area contributed by atoms with E-state index in [0.717, 1.165) is 18.7 Å². The van der Waals surface area contributed by atoms with E-state index in [1.807, 2.05) is 19.9 Å². The lowest BCUT2D eigenvalue weighted by atomic mass is 9.94. The zero-order valence-corrected chi connectivity index (χ0v) is 12.4. The van der Waals surface area contributed by atoms with E-state index in [0.29, 0.717) is 17.9 Å². The van der Waals surface area contributed by atoms with Crippen LogP contribution in [0.5, 0.6) is 0 Å². The molecule has 110 valence electrons. The van der Waals surface area contributed by atoms with Crippen LogP contribution >= 0.6 is 0 Å². The Balaban J connectivity index is 1.69. The second kappa shape index (κ2) is 5.74. The molecule has 0 saturated carbocycles. The molecule has 0 aliphatic carbocycles. The van der Waals surface area contributed by atoms with Crippen molar-refractivity contribution in [1.29, 1.82) is 0 Å². The van der Waals surface area contributed by atoms with Gasteiger partial charge in [-0.25, -0.2) is 0 Å². The molecule has 1 aromatic carbocycles. The number of carbonyl (C=O) groups is 1. The van der Waals surface area contributed by atoms with Crippen LogP contribution in [0.4, 0.5) is 0 Å². The molecule has 2 heterocycles. The maximum atomic E-state index is 12.2. The summed E-state index contributed by atoms with van der Waals surface area (Å²) in [5.74, 6) is 1.36.